The molecular weight excluding hydrogens is 352 g/mol. The molecule has 27 heavy (non-hydrogen) atoms. The number of amides is 1. The number of pyridine rings is 1. The molecule has 3 aromatic rings. The number of anilines is 3. The predicted octanol–water partition coefficient (Wildman–Crippen LogP) is 4.75. The van der Waals surface area contributed by atoms with Gasteiger partial charge in [0.25, 0.3) is 5.91 Å². The Labute approximate surface area is 155 Å². The molecule has 0 fully saturated rings. The Morgan fingerprint density at radius 2 is 1.81 bits per heavy atom. The van der Waals surface area contributed by atoms with Gasteiger partial charge in [0, 0.05) is 18.0 Å². The van der Waals surface area contributed by atoms with Gasteiger partial charge in [0.1, 0.15) is 17.4 Å². The molecule has 0 aliphatic rings. The molecule has 0 aliphatic carbocycles. The van der Waals surface area contributed by atoms with E-state index in [0.29, 0.717) is 18.4 Å². The van der Waals surface area contributed by atoms with Gasteiger partial charge < -0.3 is 15.4 Å². The smallest absolute Gasteiger partial charge is 0.257 e. The second-order valence-corrected chi connectivity index (χ2v) is 5.62. The quantitative estimate of drug-likeness (QED) is 0.658. The fourth-order valence-corrected chi connectivity index (χ4v) is 2.39. The number of benzene rings is 2. The van der Waals surface area contributed by atoms with Crippen molar-refractivity contribution in [3.8, 4) is 5.75 Å². The first-order valence-electron chi connectivity index (χ1n) is 8.26. The highest BCUT2D eigenvalue weighted by Gasteiger charge is 2.11. The Kier molecular flexibility index (Phi) is 5.61. The second kappa shape index (κ2) is 8.27. The van der Waals surface area contributed by atoms with E-state index < -0.39 is 17.5 Å². The molecule has 0 saturated carbocycles. The van der Waals surface area contributed by atoms with E-state index in [-0.39, 0.29) is 11.3 Å². The average molecular weight is 369 g/mol. The minimum Gasteiger partial charge on any atom is -0.494 e. The van der Waals surface area contributed by atoms with Crippen LogP contribution in [-0.4, -0.2) is 17.5 Å². The fourth-order valence-electron chi connectivity index (χ4n) is 2.39. The molecule has 5 nitrogen and oxygen atoms in total. The van der Waals surface area contributed by atoms with Crippen LogP contribution >= 0.6 is 0 Å². The molecule has 0 spiro atoms. The minimum atomic E-state index is -0.847. The number of halogens is 2. The van der Waals surface area contributed by atoms with Gasteiger partial charge in [-0.1, -0.05) is 0 Å². The summed E-state index contributed by atoms with van der Waals surface area (Å²) in [5.74, 6) is -1.35. The Hall–Kier alpha value is -3.48. The van der Waals surface area contributed by atoms with Gasteiger partial charge in [0.15, 0.2) is 0 Å². The standard InChI is InChI=1S/C20H17F2N3O2/c1-2-27-17-6-4-15(5-7-17)24-16-9-13(11-23-12-16)20(26)25-19-8-3-14(21)10-18(19)22/h3-12,24H,2H2,1H3,(H,25,26). The number of carbonyl (C=O) groups is 1. The van der Waals surface area contributed by atoms with Crippen LogP contribution < -0.4 is 15.4 Å². The Balaban J connectivity index is 1.71. The number of aromatic nitrogens is 1. The van der Waals surface area contributed by atoms with Crippen molar-refractivity contribution in [2.24, 2.45) is 0 Å². The van der Waals surface area contributed by atoms with Gasteiger partial charge in [0.05, 0.1) is 29.7 Å². The maximum atomic E-state index is 13.7. The van der Waals surface area contributed by atoms with Crippen molar-refractivity contribution in [2.75, 3.05) is 17.2 Å². The summed E-state index contributed by atoms with van der Waals surface area (Å²) in [6.07, 6.45) is 2.92. The lowest BCUT2D eigenvalue weighted by molar-refractivity contribution is 0.102. The van der Waals surface area contributed by atoms with Crippen LogP contribution in [0.2, 0.25) is 0 Å². The van der Waals surface area contributed by atoms with E-state index in [0.717, 1.165) is 23.6 Å². The van der Waals surface area contributed by atoms with Gasteiger partial charge in [-0.15, -0.1) is 0 Å². The Morgan fingerprint density at radius 1 is 1.04 bits per heavy atom. The predicted molar refractivity (Wildman–Crippen MR) is 99.4 cm³/mol. The number of nitrogens with zero attached hydrogens (tertiary/aromatic N) is 1. The molecule has 1 aromatic heterocycles. The topological polar surface area (TPSA) is 63.2 Å². The van der Waals surface area contributed by atoms with E-state index in [2.05, 4.69) is 15.6 Å². The van der Waals surface area contributed by atoms with Crippen LogP contribution in [0.15, 0.2) is 60.9 Å². The van der Waals surface area contributed by atoms with E-state index in [1.54, 1.807) is 12.3 Å². The molecule has 2 aromatic carbocycles. The van der Waals surface area contributed by atoms with Crippen LogP contribution in [0.5, 0.6) is 5.75 Å². The van der Waals surface area contributed by atoms with Crippen LogP contribution in [0.4, 0.5) is 25.8 Å². The molecule has 0 bridgehead atoms. The lowest BCUT2D eigenvalue weighted by Gasteiger charge is -2.10. The van der Waals surface area contributed by atoms with Crippen LogP contribution in [0.3, 0.4) is 0 Å². The number of hydrogen-bond donors (Lipinski definition) is 2. The summed E-state index contributed by atoms with van der Waals surface area (Å²) < 4.78 is 32.0. The zero-order valence-corrected chi connectivity index (χ0v) is 14.5. The molecule has 1 heterocycles. The second-order valence-electron chi connectivity index (χ2n) is 5.62. The van der Waals surface area contributed by atoms with Gasteiger partial charge >= 0.3 is 0 Å². The van der Waals surface area contributed by atoms with E-state index in [9.17, 15) is 13.6 Å². The third kappa shape index (κ3) is 4.78. The van der Waals surface area contributed by atoms with Gasteiger partial charge in [-0.25, -0.2) is 8.78 Å². The molecule has 1 amide bonds. The molecule has 2 N–H and O–H groups in total. The van der Waals surface area contributed by atoms with Crippen LogP contribution in [-0.2, 0) is 0 Å². The number of rotatable bonds is 6. The van der Waals surface area contributed by atoms with E-state index in [4.69, 9.17) is 4.74 Å². The van der Waals surface area contributed by atoms with Gasteiger partial charge in [0.2, 0.25) is 0 Å². The van der Waals surface area contributed by atoms with Crippen molar-refractivity contribution >= 4 is 23.0 Å². The van der Waals surface area contributed by atoms with Crippen LogP contribution in [0, 0.1) is 11.6 Å². The van der Waals surface area contributed by atoms with Crippen molar-refractivity contribution in [1.82, 2.24) is 4.98 Å². The van der Waals surface area contributed by atoms with E-state index in [1.807, 2.05) is 31.2 Å². The van der Waals surface area contributed by atoms with Crippen molar-refractivity contribution in [3.05, 3.63) is 78.1 Å². The summed E-state index contributed by atoms with van der Waals surface area (Å²) in [5, 5.41) is 5.53. The SMILES string of the molecule is CCOc1ccc(Nc2cncc(C(=O)Nc3ccc(F)cc3F)c2)cc1. The molecule has 0 unspecified atom stereocenters. The lowest BCUT2D eigenvalue weighted by Crippen LogP contribution is -2.13. The highest BCUT2D eigenvalue weighted by atomic mass is 19.1. The normalized spacial score (nSPS) is 10.3. The summed E-state index contributed by atoms with van der Waals surface area (Å²) in [6.45, 7) is 2.49. The van der Waals surface area contributed by atoms with Crippen molar-refractivity contribution in [1.29, 1.82) is 0 Å². The van der Waals surface area contributed by atoms with Crippen molar-refractivity contribution in [2.45, 2.75) is 6.92 Å². The highest BCUT2D eigenvalue weighted by molar-refractivity contribution is 6.04. The average Bonchev–Trinajstić information content (AvgIpc) is 2.66. The van der Waals surface area contributed by atoms with Crippen LogP contribution in [0.25, 0.3) is 0 Å². The maximum Gasteiger partial charge on any atom is 0.257 e. The van der Waals surface area contributed by atoms with Crippen molar-refractivity contribution < 1.29 is 18.3 Å². The summed E-state index contributed by atoms with van der Waals surface area (Å²) in [7, 11) is 0. The van der Waals surface area contributed by atoms with Gasteiger partial charge in [-0.05, 0) is 49.4 Å². The first-order chi connectivity index (χ1) is 13.0. The van der Waals surface area contributed by atoms with Gasteiger partial charge in [-0.3, -0.25) is 9.78 Å². The van der Waals surface area contributed by atoms with Gasteiger partial charge in [-0.2, -0.15) is 0 Å². The zero-order chi connectivity index (χ0) is 19.2. The summed E-state index contributed by atoms with van der Waals surface area (Å²) in [5.41, 5.74) is 1.51. The largest absolute Gasteiger partial charge is 0.494 e. The number of hydrogen-bond acceptors (Lipinski definition) is 4. The molecular formula is C20H17F2N3O2. The number of ether oxygens (including phenoxy) is 1. The van der Waals surface area contributed by atoms with Crippen molar-refractivity contribution in [3.63, 3.8) is 0 Å². The first-order valence-corrected chi connectivity index (χ1v) is 8.26. The summed E-state index contributed by atoms with van der Waals surface area (Å²) in [6, 6.07) is 11.9. The maximum absolute atomic E-state index is 13.7. The molecule has 0 atom stereocenters. The lowest BCUT2D eigenvalue weighted by atomic mass is 10.2. The molecule has 0 saturated heterocycles. The molecule has 3 rings (SSSR count). The zero-order valence-electron chi connectivity index (χ0n) is 14.5. The van der Waals surface area contributed by atoms with E-state index in [1.165, 1.54) is 6.20 Å². The number of nitrogens with one attached hydrogen (secondary N) is 2. The summed E-state index contributed by atoms with van der Waals surface area (Å²) in [4.78, 5) is 16.3. The highest BCUT2D eigenvalue weighted by Crippen LogP contribution is 2.21. The molecule has 0 aliphatic heterocycles. The molecule has 138 valence electrons. The third-order valence-corrected chi connectivity index (χ3v) is 3.63. The fraction of sp³-hybridized carbons (Fsp3) is 0.100. The molecule has 0 radical (unpaired) electrons. The van der Waals surface area contributed by atoms with Crippen LogP contribution in [0.1, 0.15) is 17.3 Å². The third-order valence-electron chi connectivity index (χ3n) is 3.63. The first kappa shape index (κ1) is 18.3. The monoisotopic (exact) mass is 369 g/mol. The van der Waals surface area contributed by atoms with E-state index >= 15 is 0 Å². The summed E-state index contributed by atoms with van der Waals surface area (Å²) >= 11 is 0. The minimum absolute atomic E-state index is 0.105. The molecule has 7 heteroatoms. The Bertz CT molecular complexity index is 946. The number of carbonyl (C=O) groups excluding carboxylic acids is 1. The Morgan fingerprint density at radius 3 is 2.52 bits per heavy atom.